The normalized spacial score (nSPS) is 11.9. The van der Waals surface area contributed by atoms with E-state index in [1.807, 2.05) is 25.1 Å². The molecule has 1 aromatic heterocycles. The SMILES string of the molecule is C=C(N)C=N/C(=C\C)c1cccnc1. The zero-order valence-corrected chi connectivity index (χ0v) is 8.14. The molecule has 0 unspecified atom stereocenters. The molecule has 1 heterocycles. The summed E-state index contributed by atoms with van der Waals surface area (Å²) in [6, 6.07) is 3.81. The van der Waals surface area contributed by atoms with Crippen molar-refractivity contribution in [2.24, 2.45) is 10.7 Å². The van der Waals surface area contributed by atoms with Crippen molar-refractivity contribution < 1.29 is 0 Å². The quantitative estimate of drug-likeness (QED) is 0.735. The lowest BCUT2D eigenvalue weighted by Gasteiger charge is -1.99. The molecule has 0 atom stereocenters. The zero-order chi connectivity index (χ0) is 10.4. The molecule has 2 N–H and O–H groups in total. The van der Waals surface area contributed by atoms with Gasteiger partial charge in [-0.05, 0) is 19.1 Å². The molecule has 0 saturated carbocycles. The van der Waals surface area contributed by atoms with Crippen molar-refractivity contribution >= 4 is 11.9 Å². The highest BCUT2D eigenvalue weighted by molar-refractivity contribution is 5.82. The minimum atomic E-state index is 0.438. The van der Waals surface area contributed by atoms with Crippen LogP contribution in [0.5, 0.6) is 0 Å². The Morgan fingerprint density at radius 3 is 2.93 bits per heavy atom. The van der Waals surface area contributed by atoms with Crippen LogP contribution in [-0.4, -0.2) is 11.2 Å². The first-order valence-corrected chi connectivity index (χ1v) is 4.29. The van der Waals surface area contributed by atoms with E-state index in [9.17, 15) is 0 Å². The third-order valence-corrected chi connectivity index (χ3v) is 1.60. The molecule has 0 aliphatic heterocycles. The summed E-state index contributed by atoms with van der Waals surface area (Å²) in [7, 11) is 0. The van der Waals surface area contributed by atoms with Crippen LogP contribution >= 0.6 is 0 Å². The average molecular weight is 187 g/mol. The van der Waals surface area contributed by atoms with Crippen molar-refractivity contribution in [3.05, 3.63) is 48.4 Å². The highest BCUT2D eigenvalue weighted by atomic mass is 14.8. The predicted molar refractivity (Wildman–Crippen MR) is 59.7 cm³/mol. The van der Waals surface area contributed by atoms with Gasteiger partial charge in [-0.2, -0.15) is 0 Å². The van der Waals surface area contributed by atoms with Crippen LogP contribution < -0.4 is 5.73 Å². The first-order chi connectivity index (χ1) is 6.74. The maximum absolute atomic E-state index is 5.39. The molecular weight excluding hydrogens is 174 g/mol. The van der Waals surface area contributed by atoms with Gasteiger partial charge in [-0.25, -0.2) is 0 Å². The number of hydrogen-bond donors (Lipinski definition) is 1. The highest BCUT2D eigenvalue weighted by Gasteiger charge is 1.95. The maximum Gasteiger partial charge on any atom is 0.0675 e. The first kappa shape index (κ1) is 10.2. The van der Waals surface area contributed by atoms with Crippen LogP contribution in [-0.2, 0) is 0 Å². The molecular formula is C11H13N3. The summed E-state index contributed by atoms with van der Waals surface area (Å²) < 4.78 is 0. The van der Waals surface area contributed by atoms with Gasteiger partial charge in [0.25, 0.3) is 0 Å². The first-order valence-electron chi connectivity index (χ1n) is 4.29. The number of aliphatic imine (C=N–C) groups is 1. The van der Waals surface area contributed by atoms with E-state index in [1.54, 1.807) is 12.4 Å². The second-order valence-electron chi connectivity index (χ2n) is 2.75. The predicted octanol–water partition coefficient (Wildman–Crippen LogP) is 1.99. The van der Waals surface area contributed by atoms with E-state index in [0.717, 1.165) is 11.3 Å². The lowest BCUT2D eigenvalue weighted by Crippen LogP contribution is -1.95. The summed E-state index contributed by atoms with van der Waals surface area (Å²) in [6.45, 7) is 5.46. The average Bonchev–Trinajstić information content (AvgIpc) is 2.20. The number of allylic oxidation sites excluding steroid dienone is 2. The Balaban J connectivity index is 2.90. The molecule has 0 spiro atoms. The molecule has 0 aliphatic carbocycles. The van der Waals surface area contributed by atoms with E-state index in [4.69, 9.17) is 5.73 Å². The summed E-state index contributed by atoms with van der Waals surface area (Å²) in [5, 5.41) is 0. The van der Waals surface area contributed by atoms with Crippen LogP contribution in [0.3, 0.4) is 0 Å². The van der Waals surface area contributed by atoms with Crippen LogP contribution in [0.25, 0.3) is 5.70 Å². The van der Waals surface area contributed by atoms with Gasteiger partial charge in [-0.3, -0.25) is 9.98 Å². The van der Waals surface area contributed by atoms with Gasteiger partial charge in [0.15, 0.2) is 0 Å². The molecule has 72 valence electrons. The number of nitrogens with two attached hydrogens (primary N) is 1. The third-order valence-electron chi connectivity index (χ3n) is 1.60. The monoisotopic (exact) mass is 187 g/mol. The molecule has 0 bridgehead atoms. The van der Waals surface area contributed by atoms with Crippen LogP contribution in [0.1, 0.15) is 12.5 Å². The summed E-state index contributed by atoms with van der Waals surface area (Å²) in [5.74, 6) is 0. The zero-order valence-electron chi connectivity index (χ0n) is 8.14. The van der Waals surface area contributed by atoms with E-state index >= 15 is 0 Å². The summed E-state index contributed by atoms with van der Waals surface area (Å²) in [6.07, 6.45) is 6.91. The van der Waals surface area contributed by atoms with E-state index in [2.05, 4.69) is 16.6 Å². The minimum Gasteiger partial charge on any atom is -0.398 e. The molecule has 0 aromatic carbocycles. The number of aromatic nitrogens is 1. The molecule has 1 rings (SSSR count). The van der Waals surface area contributed by atoms with Gasteiger partial charge in [-0.1, -0.05) is 12.7 Å². The lowest BCUT2D eigenvalue weighted by atomic mass is 10.2. The second-order valence-corrected chi connectivity index (χ2v) is 2.75. The van der Waals surface area contributed by atoms with Crippen molar-refractivity contribution in [1.82, 2.24) is 4.98 Å². The van der Waals surface area contributed by atoms with Crippen molar-refractivity contribution in [1.29, 1.82) is 0 Å². The Morgan fingerprint density at radius 1 is 1.64 bits per heavy atom. The molecule has 0 amide bonds. The molecule has 0 aliphatic rings. The van der Waals surface area contributed by atoms with Gasteiger partial charge >= 0.3 is 0 Å². The van der Waals surface area contributed by atoms with Gasteiger partial charge < -0.3 is 5.73 Å². The molecule has 0 saturated heterocycles. The lowest BCUT2D eigenvalue weighted by molar-refractivity contribution is 1.30. The number of rotatable bonds is 3. The van der Waals surface area contributed by atoms with Crippen LogP contribution in [0.4, 0.5) is 0 Å². The topological polar surface area (TPSA) is 51.3 Å². The molecule has 3 heteroatoms. The van der Waals surface area contributed by atoms with E-state index in [0.29, 0.717) is 5.70 Å². The molecule has 0 fully saturated rings. The van der Waals surface area contributed by atoms with Crippen molar-refractivity contribution in [3.8, 4) is 0 Å². The number of hydrogen-bond acceptors (Lipinski definition) is 3. The van der Waals surface area contributed by atoms with Crippen molar-refractivity contribution in [3.63, 3.8) is 0 Å². The van der Waals surface area contributed by atoms with Gasteiger partial charge in [0, 0.05) is 29.9 Å². The second kappa shape index (κ2) is 4.97. The summed E-state index contributed by atoms with van der Waals surface area (Å²) in [4.78, 5) is 8.20. The van der Waals surface area contributed by atoms with Crippen LogP contribution in [0.15, 0.2) is 47.9 Å². The van der Waals surface area contributed by atoms with Crippen LogP contribution in [0, 0.1) is 0 Å². The van der Waals surface area contributed by atoms with Gasteiger partial charge in [0.1, 0.15) is 0 Å². The number of nitrogens with zero attached hydrogens (tertiary/aromatic N) is 2. The Labute approximate surface area is 83.7 Å². The molecule has 14 heavy (non-hydrogen) atoms. The highest BCUT2D eigenvalue weighted by Crippen LogP contribution is 2.13. The van der Waals surface area contributed by atoms with Gasteiger partial charge in [-0.15, -0.1) is 0 Å². The smallest absolute Gasteiger partial charge is 0.0675 e. The van der Waals surface area contributed by atoms with Gasteiger partial charge in [0.05, 0.1) is 5.70 Å². The summed E-state index contributed by atoms with van der Waals surface area (Å²) >= 11 is 0. The third kappa shape index (κ3) is 2.86. The Morgan fingerprint density at radius 2 is 2.43 bits per heavy atom. The largest absolute Gasteiger partial charge is 0.398 e. The van der Waals surface area contributed by atoms with E-state index in [1.165, 1.54) is 6.21 Å². The molecule has 1 aromatic rings. The molecule has 3 nitrogen and oxygen atoms in total. The molecule has 0 radical (unpaired) electrons. The number of pyridine rings is 1. The van der Waals surface area contributed by atoms with Crippen molar-refractivity contribution in [2.45, 2.75) is 6.92 Å². The fourth-order valence-electron chi connectivity index (χ4n) is 0.982. The van der Waals surface area contributed by atoms with Crippen molar-refractivity contribution in [2.75, 3.05) is 0 Å². The standard InChI is InChI=1S/C11H13N3/c1-3-11(14-7-9(2)12)10-5-4-6-13-8-10/h3-8H,2,12H2,1H3/b11-3-,14-7?. The Kier molecular flexibility index (Phi) is 3.61. The summed E-state index contributed by atoms with van der Waals surface area (Å²) in [5.41, 5.74) is 7.63. The van der Waals surface area contributed by atoms with Gasteiger partial charge in [0.2, 0.25) is 0 Å². The Hall–Kier alpha value is -1.90. The fourth-order valence-corrected chi connectivity index (χ4v) is 0.982. The van der Waals surface area contributed by atoms with E-state index in [-0.39, 0.29) is 0 Å². The van der Waals surface area contributed by atoms with E-state index < -0.39 is 0 Å². The maximum atomic E-state index is 5.39. The fraction of sp³-hybridized carbons (Fsp3) is 0.0909. The Bertz CT molecular complexity index is 363. The minimum absolute atomic E-state index is 0.438. The van der Waals surface area contributed by atoms with Crippen LogP contribution in [0.2, 0.25) is 0 Å².